The Balaban J connectivity index is 1.59. The highest BCUT2D eigenvalue weighted by atomic mass is 16.2. The zero-order valence-electron chi connectivity index (χ0n) is 18.7. The molecule has 0 aliphatic rings. The standard InChI is InChI=1S/C25H27N7O/c1-3-5-9-17-32-25(33)31(23(28-32)12-6-4-2)18-19-13-15-20(16-14-19)21-10-7-8-11-22(21)24-26-29-30-27-24/h2,7-8,10-11,13-16H,3,5-6,9,12,17-18H2,1H3,(H,26,27,29,30). The van der Waals surface area contributed by atoms with Gasteiger partial charge in [-0.3, -0.25) is 4.57 Å². The molecule has 0 amide bonds. The average molecular weight is 442 g/mol. The molecule has 0 atom stereocenters. The van der Waals surface area contributed by atoms with E-state index < -0.39 is 0 Å². The molecule has 1 N–H and O–H groups in total. The van der Waals surface area contributed by atoms with Gasteiger partial charge >= 0.3 is 5.69 Å². The van der Waals surface area contributed by atoms with Crippen LogP contribution in [0.1, 0.15) is 44.0 Å². The Hall–Kier alpha value is -3.99. The minimum absolute atomic E-state index is 0.0790. The predicted octanol–water partition coefficient (Wildman–Crippen LogP) is 3.70. The summed E-state index contributed by atoms with van der Waals surface area (Å²) in [5.41, 5.74) is 3.90. The van der Waals surface area contributed by atoms with Crippen molar-refractivity contribution in [3.63, 3.8) is 0 Å². The molecule has 0 saturated carbocycles. The van der Waals surface area contributed by atoms with Crippen LogP contribution >= 0.6 is 0 Å². The first-order valence-corrected chi connectivity index (χ1v) is 11.2. The Morgan fingerprint density at radius 3 is 2.55 bits per heavy atom. The molecule has 0 spiro atoms. The fraction of sp³-hybridized carbons (Fsp3) is 0.320. The minimum Gasteiger partial charge on any atom is -0.274 e. The molecule has 0 aliphatic heterocycles. The summed E-state index contributed by atoms with van der Waals surface area (Å²) in [4.78, 5) is 13.0. The van der Waals surface area contributed by atoms with Gasteiger partial charge < -0.3 is 0 Å². The molecule has 168 valence electrons. The third kappa shape index (κ3) is 5.09. The highest BCUT2D eigenvalue weighted by Gasteiger charge is 2.14. The molecule has 0 fully saturated rings. The van der Waals surface area contributed by atoms with E-state index in [4.69, 9.17) is 6.42 Å². The maximum atomic E-state index is 13.0. The maximum Gasteiger partial charge on any atom is 0.346 e. The van der Waals surface area contributed by atoms with E-state index in [1.807, 2.05) is 48.5 Å². The van der Waals surface area contributed by atoms with Crippen LogP contribution in [0.4, 0.5) is 0 Å². The smallest absolute Gasteiger partial charge is 0.274 e. The molecule has 0 saturated heterocycles. The van der Waals surface area contributed by atoms with Crippen LogP contribution in [-0.4, -0.2) is 35.0 Å². The van der Waals surface area contributed by atoms with E-state index in [2.05, 4.69) is 38.6 Å². The normalized spacial score (nSPS) is 10.9. The molecule has 2 aromatic heterocycles. The van der Waals surface area contributed by atoms with Gasteiger partial charge in [0.1, 0.15) is 5.82 Å². The molecule has 2 heterocycles. The van der Waals surface area contributed by atoms with Crippen LogP contribution in [-0.2, 0) is 19.5 Å². The van der Waals surface area contributed by atoms with Gasteiger partial charge in [0.2, 0.25) is 5.82 Å². The number of hydrogen-bond acceptors (Lipinski definition) is 5. The summed E-state index contributed by atoms with van der Waals surface area (Å²) in [6.07, 6.45) is 9.71. The summed E-state index contributed by atoms with van der Waals surface area (Å²) < 4.78 is 3.32. The summed E-state index contributed by atoms with van der Waals surface area (Å²) in [6, 6.07) is 16.1. The van der Waals surface area contributed by atoms with Gasteiger partial charge in [-0.25, -0.2) is 9.48 Å². The molecule has 2 aromatic carbocycles. The van der Waals surface area contributed by atoms with Gasteiger partial charge in [0, 0.05) is 24.9 Å². The van der Waals surface area contributed by atoms with Crippen molar-refractivity contribution in [2.45, 2.75) is 52.1 Å². The summed E-state index contributed by atoms with van der Waals surface area (Å²) in [7, 11) is 0. The third-order valence-electron chi connectivity index (χ3n) is 5.58. The lowest BCUT2D eigenvalue weighted by Crippen LogP contribution is -2.26. The number of nitrogens with one attached hydrogen (secondary N) is 1. The van der Waals surface area contributed by atoms with Gasteiger partial charge in [0.15, 0.2) is 0 Å². The number of benzene rings is 2. The van der Waals surface area contributed by atoms with Crippen molar-refractivity contribution in [1.29, 1.82) is 0 Å². The van der Waals surface area contributed by atoms with Crippen LogP contribution in [0.5, 0.6) is 0 Å². The number of aryl methyl sites for hydroxylation is 2. The van der Waals surface area contributed by atoms with Crippen LogP contribution in [0.15, 0.2) is 53.3 Å². The first-order chi connectivity index (χ1) is 16.2. The van der Waals surface area contributed by atoms with Crippen molar-refractivity contribution in [3.05, 3.63) is 70.4 Å². The first kappa shape index (κ1) is 22.2. The lowest BCUT2D eigenvalue weighted by Gasteiger charge is -2.09. The van der Waals surface area contributed by atoms with Gasteiger partial charge in [-0.05, 0) is 28.3 Å². The highest BCUT2D eigenvalue weighted by Crippen LogP contribution is 2.29. The van der Waals surface area contributed by atoms with Gasteiger partial charge in [-0.1, -0.05) is 68.3 Å². The Labute approximate surface area is 192 Å². The summed E-state index contributed by atoms with van der Waals surface area (Å²) in [5.74, 6) is 3.94. The number of aromatic amines is 1. The number of terminal acetylenes is 1. The van der Waals surface area contributed by atoms with Gasteiger partial charge in [0.25, 0.3) is 0 Å². The first-order valence-electron chi connectivity index (χ1n) is 11.2. The second-order valence-corrected chi connectivity index (χ2v) is 7.90. The van der Waals surface area contributed by atoms with Crippen molar-refractivity contribution in [3.8, 4) is 34.9 Å². The number of hydrogen-bond donors (Lipinski definition) is 1. The van der Waals surface area contributed by atoms with E-state index in [0.717, 1.165) is 47.3 Å². The zero-order chi connectivity index (χ0) is 23.0. The van der Waals surface area contributed by atoms with E-state index in [1.54, 1.807) is 9.25 Å². The van der Waals surface area contributed by atoms with Crippen molar-refractivity contribution in [2.24, 2.45) is 0 Å². The summed E-state index contributed by atoms with van der Waals surface area (Å²) >= 11 is 0. The van der Waals surface area contributed by atoms with Crippen LogP contribution in [0.3, 0.4) is 0 Å². The molecule has 8 heteroatoms. The molecule has 0 radical (unpaired) electrons. The van der Waals surface area contributed by atoms with Gasteiger partial charge in [-0.2, -0.15) is 10.3 Å². The second-order valence-electron chi connectivity index (χ2n) is 7.90. The predicted molar refractivity (Wildman–Crippen MR) is 127 cm³/mol. The molecule has 4 aromatic rings. The molecule has 8 nitrogen and oxygen atoms in total. The molecule has 33 heavy (non-hydrogen) atoms. The summed E-state index contributed by atoms with van der Waals surface area (Å²) in [6.45, 7) is 3.23. The van der Waals surface area contributed by atoms with Gasteiger partial charge in [-0.15, -0.1) is 22.5 Å². The van der Waals surface area contributed by atoms with Crippen molar-refractivity contribution in [2.75, 3.05) is 0 Å². The van der Waals surface area contributed by atoms with Crippen molar-refractivity contribution < 1.29 is 0 Å². The number of unbranched alkanes of at least 4 members (excludes halogenated alkanes) is 2. The second kappa shape index (κ2) is 10.6. The number of tetrazole rings is 1. The Morgan fingerprint density at radius 1 is 1.06 bits per heavy atom. The maximum absolute atomic E-state index is 13.0. The highest BCUT2D eigenvalue weighted by molar-refractivity contribution is 5.80. The number of H-pyrrole nitrogens is 1. The van der Waals surface area contributed by atoms with Gasteiger partial charge in [0.05, 0.1) is 6.54 Å². The third-order valence-corrected chi connectivity index (χ3v) is 5.58. The van der Waals surface area contributed by atoms with E-state index in [1.165, 1.54) is 0 Å². The monoisotopic (exact) mass is 441 g/mol. The molecule has 0 bridgehead atoms. The van der Waals surface area contributed by atoms with Crippen molar-refractivity contribution >= 4 is 0 Å². The topological polar surface area (TPSA) is 94.3 Å². The largest absolute Gasteiger partial charge is 0.346 e. The number of aromatic nitrogens is 7. The fourth-order valence-electron chi connectivity index (χ4n) is 3.85. The SMILES string of the molecule is C#CCCc1nn(CCCCC)c(=O)n1Cc1ccc(-c2ccccc2-c2nn[nH]n2)cc1. The quantitative estimate of drug-likeness (QED) is 0.299. The Bertz CT molecular complexity index is 1280. The van der Waals surface area contributed by atoms with Crippen LogP contribution < -0.4 is 5.69 Å². The molecule has 0 unspecified atom stereocenters. The number of nitrogens with zero attached hydrogens (tertiary/aromatic N) is 6. The summed E-state index contributed by atoms with van der Waals surface area (Å²) in [5, 5.41) is 19.0. The molecule has 0 aliphatic carbocycles. The Kier molecular flexibility index (Phi) is 7.10. The van der Waals surface area contributed by atoms with Crippen LogP contribution in [0.2, 0.25) is 0 Å². The van der Waals surface area contributed by atoms with Crippen LogP contribution in [0, 0.1) is 12.3 Å². The molecular weight excluding hydrogens is 414 g/mol. The minimum atomic E-state index is -0.0790. The Morgan fingerprint density at radius 2 is 1.85 bits per heavy atom. The lowest BCUT2D eigenvalue weighted by molar-refractivity contribution is 0.530. The molecular formula is C25H27N7O. The van der Waals surface area contributed by atoms with E-state index >= 15 is 0 Å². The molecule has 4 rings (SSSR count). The number of rotatable bonds is 10. The average Bonchev–Trinajstić information content (AvgIpc) is 3.48. The lowest BCUT2D eigenvalue weighted by atomic mass is 9.98. The zero-order valence-corrected chi connectivity index (χ0v) is 18.7. The fourth-order valence-corrected chi connectivity index (χ4v) is 3.85. The van der Waals surface area contributed by atoms with Crippen molar-refractivity contribution in [1.82, 2.24) is 35.0 Å². The van der Waals surface area contributed by atoms with Crippen LogP contribution in [0.25, 0.3) is 22.5 Å². The van der Waals surface area contributed by atoms with E-state index in [0.29, 0.717) is 31.8 Å². The van der Waals surface area contributed by atoms with E-state index in [-0.39, 0.29) is 5.69 Å². The van der Waals surface area contributed by atoms with E-state index in [9.17, 15) is 4.79 Å².